The summed E-state index contributed by atoms with van der Waals surface area (Å²) in [5, 5.41) is 22.8. The molecule has 0 saturated carbocycles. The number of benzene rings is 3. The summed E-state index contributed by atoms with van der Waals surface area (Å²) in [6, 6.07) is 14.7. The molecule has 0 fully saturated rings. The lowest BCUT2D eigenvalue weighted by Crippen LogP contribution is -2.40. The average Bonchev–Trinajstić information content (AvgIpc) is 2.64. The molecule has 102 valence electrons. The highest BCUT2D eigenvalue weighted by Crippen LogP contribution is 2.33. The van der Waals surface area contributed by atoms with Gasteiger partial charge in [-0.05, 0) is 45.8 Å². The van der Waals surface area contributed by atoms with E-state index < -0.39 is 17.4 Å². The van der Waals surface area contributed by atoms with Gasteiger partial charge in [-0.1, -0.05) is 24.3 Å². The van der Waals surface area contributed by atoms with Gasteiger partial charge >= 0.3 is 0 Å². The van der Waals surface area contributed by atoms with E-state index >= 15 is 0 Å². The van der Waals surface area contributed by atoms with Gasteiger partial charge in [-0.15, -0.1) is 0 Å². The van der Waals surface area contributed by atoms with Crippen LogP contribution in [0.3, 0.4) is 0 Å². The number of hydrogen-bond donors (Lipinski definition) is 2. The third-order valence-electron chi connectivity index (χ3n) is 3.96. The summed E-state index contributed by atoms with van der Waals surface area (Å²) in [5.41, 5.74) is 0.126. The lowest BCUT2D eigenvalue weighted by Gasteiger charge is -2.08. The fraction of sp³-hybridized carbons (Fsp3) is 0.0588. The normalized spacial score (nSPS) is 16.7. The van der Waals surface area contributed by atoms with E-state index in [2.05, 4.69) is 0 Å². The standard InChI is InChI=1S/C17H10O4/c18-15-13-7-11-5-9-3-1-2-4-10(9)6-12(11)8-14(13)16(19)17(15,20)21/h1-8,20-21H. The maximum Gasteiger partial charge on any atom is 0.295 e. The van der Waals surface area contributed by atoms with Crippen molar-refractivity contribution in [2.24, 2.45) is 0 Å². The van der Waals surface area contributed by atoms with Gasteiger partial charge in [-0.25, -0.2) is 0 Å². The van der Waals surface area contributed by atoms with Crippen molar-refractivity contribution in [2.75, 3.05) is 0 Å². The fourth-order valence-corrected chi connectivity index (χ4v) is 2.85. The Kier molecular flexibility index (Phi) is 2.18. The Morgan fingerprint density at radius 1 is 0.667 bits per heavy atom. The Morgan fingerprint density at radius 2 is 1.10 bits per heavy atom. The van der Waals surface area contributed by atoms with Gasteiger partial charge in [-0.3, -0.25) is 9.59 Å². The van der Waals surface area contributed by atoms with Crippen molar-refractivity contribution in [2.45, 2.75) is 5.79 Å². The van der Waals surface area contributed by atoms with Gasteiger partial charge in [0.05, 0.1) is 0 Å². The predicted molar refractivity (Wildman–Crippen MR) is 77.3 cm³/mol. The molecule has 0 saturated heterocycles. The largest absolute Gasteiger partial charge is 0.353 e. The first-order valence-corrected chi connectivity index (χ1v) is 6.49. The number of hydrogen-bond acceptors (Lipinski definition) is 4. The van der Waals surface area contributed by atoms with Crippen LogP contribution in [0.2, 0.25) is 0 Å². The molecular formula is C17H10O4. The molecule has 4 rings (SSSR count). The summed E-state index contributed by atoms with van der Waals surface area (Å²) in [7, 11) is 0. The Bertz CT molecular complexity index is 878. The molecule has 0 radical (unpaired) electrons. The third-order valence-corrected chi connectivity index (χ3v) is 3.96. The third kappa shape index (κ3) is 1.51. The fourth-order valence-electron chi connectivity index (χ4n) is 2.85. The van der Waals surface area contributed by atoms with Gasteiger partial charge in [-0.2, -0.15) is 0 Å². The molecule has 4 heteroatoms. The molecule has 1 aliphatic carbocycles. The van der Waals surface area contributed by atoms with E-state index in [1.54, 1.807) is 12.1 Å². The van der Waals surface area contributed by atoms with E-state index in [1.807, 2.05) is 36.4 Å². The molecule has 0 spiro atoms. The lowest BCUT2D eigenvalue weighted by atomic mass is 9.99. The van der Waals surface area contributed by atoms with Gasteiger partial charge in [0.15, 0.2) is 0 Å². The number of aliphatic hydroxyl groups is 2. The molecule has 0 atom stereocenters. The van der Waals surface area contributed by atoms with Crippen LogP contribution in [0.4, 0.5) is 0 Å². The number of fused-ring (bicyclic) bond motifs is 3. The minimum Gasteiger partial charge on any atom is -0.353 e. The van der Waals surface area contributed by atoms with Crippen molar-refractivity contribution in [3.8, 4) is 0 Å². The minimum atomic E-state index is -2.93. The first kappa shape index (κ1) is 12.2. The maximum absolute atomic E-state index is 11.9. The van der Waals surface area contributed by atoms with E-state index in [0.29, 0.717) is 0 Å². The zero-order chi connectivity index (χ0) is 14.8. The Balaban J connectivity index is 2.09. The summed E-state index contributed by atoms with van der Waals surface area (Å²) in [5.74, 6) is -4.85. The zero-order valence-electron chi connectivity index (χ0n) is 10.8. The second kappa shape index (κ2) is 3.75. The molecule has 21 heavy (non-hydrogen) atoms. The number of ketones is 2. The number of carbonyl (C=O) groups is 2. The van der Waals surface area contributed by atoms with Crippen molar-refractivity contribution in [1.29, 1.82) is 0 Å². The number of rotatable bonds is 0. The highest BCUT2D eigenvalue weighted by molar-refractivity contribution is 6.31. The molecule has 0 unspecified atom stereocenters. The molecule has 0 aliphatic heterocycles. The smallest absolute Gasteiger partial charge is 0.295 e. The Labute approximate surface area is 119 Å². The maximum atomic E-state index is 11.9. The topological polar surface area (TPSA) is 74.6 Å². The van der Waals surface area contributed by atoms with Gasteiger partial charge in [0, 0.05) is 11.1 Å². The monoisotopic (exact) mass is 278 g/mol. The molecule has 0 bridgehead atoms. The molecule has 4 nitrogen and oxygen atoms in total. The Hall–Kier alpha value is -2.56. The van der Waals surface area contributed by atoms with Crippen molar-refractivity contribution < 1.29 is 19.8 Å². The summed E-state index contributed by atoms with van der Waals surface area (Å²) in [4.78, 5) is 23.8. The molecule has 0 heterocycles. The van der Waals surface area contributed by atoms with E-state index in [-0.39, 0.29) is 11.1 Å². The van der Waals surface area contributed by atoms with Crippen molar-refractivity contribution in [3.05, 3.63) is 59.7 Å². The van der Waals surface area contributed by atoms with Crippen molar-refractivity contribution in [3.63, 3.8) is 0 Å². The second-order valence-corrected chi connectivity index (χ2v) is 5.27. The van der Waals surface area contributed by atoms with Crippen molar-refractivity contribution in [1.82, 2.24) is 0 Å². The minimum absolute atomic E-state index is 0.0628. The molecule has 2 N–H and O–H groups in total. The van der Waals surface area contributed by atoms with Gasteiger partial charge in [0.1, 0.15) is 0 Å². The van der Waals surface area contributed by atoms with Crippen LogP contribution in [0.1, 0.15) is 20.7 Å². The molecular weight excluding hydrogens is 268 g/mol. The molecule has 0 amide bonds. The lowest BCUT2D eigenvalue weighted by molar-refractivity contribution is -0.0857. The molecule has 3 aromatic rings. The van der Waals surface area contributed by atoms with E-state index in [4.69, 9.17) is 0 Å². The number of carbonyl (C=O) groups excluding carboxylic acids is 2. The van der Waals surface area contributed by atoms with Crippen LogP contribution in [0.15, 0.2) is 48.5 Å². The van der Waals surface area contributed by atoms with Crippen LogP contribution < -0.4 is 0 Å². The number of Topliss-reactive ketones (excluding diaryl/α,β-unsaturated/α-hetero) is 2. The van der Waals surface area contributed by atoms with Crippen LogP contribution in [0.5, 0.6) is 0 Å². The van der Waals surface area contributed by atoms with Crippen molar-refractivity contribution >= 4 is 33.1 Å². The van der Waals surface area contributed by atoms with Crippen LogP contribution in [0.25, 0.3) is 21.5 Å². The Morgan fingerprint density at radius 3 is 1.52 bits per heavy atom. The predicted octanol–water partition coefficient (Wildman–Crippen LogP) is 2.05. The van der Waals surface area contributed by atoms with Crippen LogP contribution in [-0.2, 0) is 0 Å². The van der Waals surface area contributed by atoms with Gasteiger partial charge in [0.2, 0.25) is 11.6 Å². The summed E-state index contributed by atoms with van der Waals surface area (Å²) in [6.07, 6.45) is 0. The van der Waals surface area contributed by atoms with Gasteiger partial charge < -0.3 is 10.2 Å². The van der Waals surface area contributed by atoms with E-state index in [0.717, 1.165) is 21.5 Å². The van der Waals surface area contributed by atoms with Crippen LogP contribution in [0, 0.1) is 0 Å². The SMILES string of the molecule is O=C1c2cc3cc4ccccc4cc3cc2C(=O)C1(O)O. The van der Waals surface area contributed by atoms with E-state index in [9.17, 15) is 19.8 Å². The first-order chi connectivity index (χ1) is 9.98. The molecule has 3 aromatic carbocycles. The quantitative estimate of drug-likeness (QED) is 0.375. The zero-order valence-corrected chi connectivity index (χ0v) is 10.8. The van der Waals surface area contributed by atoms with Crippen LogP contribution in [-0.4, -0.2) is 27.6 Å². The highest BCUT2D eigenvalue weighted by atomic mass is 16.5. The summed E-state index contributed by atoms with van der Waals surface area (Å²) < 4.78 is 0. The summed E-state index contributed by atoms with van der Waals surface area (Å²) >= 11 is 0. The average molecular weight is 278 g/mol. The van der Waals surface area contributed by atoms with Gasteiger partial charge in [0.25, 0.3) is 5.79 Å². The molecule has 0 aromatic heterocycles. The highest BCUT2D eigenvalue weighted by Gasteiger charge is 2.50. The van der Waals surface area contributed by atoms with E-state index in [1.165, 1.54) is 0 Å². The second-order valence-electron chi connectivity index (χ2n) is 5.27. The molecule has 1 aliphatic rings. The van der Waals surface area contributed by atoms with Crippen LogP contribution >= 0.6 is 0 Å². The first-order valence-electron chi connectivity index (χ1n) is 6.49. The summed E-state index contributed by atoms with van der Waals surface area (Å²) in [6.45, 7) is 0.